The van der Waals surface area contributed by atoms with Crippen LogP contribution in [-0.2, 0) is 12.0 Å². The lowest BCUT2D eigenvalue weighted by molar-refractivity contribution is -0.00229. The molecule has 0 aromatic heterocycles. The van der Waals surface area contributed by atoms with Crippen molar-refractivity contribution in [3.05, 3.63) is 35.4 Å². The molecule has 0 fully saturated rings. The van der Waals surface area contributed by atoms with E-state index in [0.717, 1.165) is 12.0 Å². The topological polar surface area (TPSA) is 40.5 Å². The summed E-state index contributed by atoms with van der Waals surface area (Å²) in [6.07, 6.45) is 0.988. The molecule has 0 unspecified atom stereocenters. The second kappa shape index (κ2) is 3.90. The van der Waals surface area contributed by atoms with Crippen molar-refractivity contribution in [2.45, 2.75) is 25.9 Å². The molecule has 0 saturated carbocycles. The lowest BCUT2D eigenvalue weighted by atomic mass is 9.96. The van der Waals surface area contributed by atoms with Crippen LogP contribution in [-0.4, -0.2) is 16.8 Å². The Balaban J connectivity index is 2.92. The van der Waals surface area contributed by atoms with E-state index in [1.165, 1.54) is 5.56 Å². The second-order valence-corrected chi connectivity index (χ2v) is 3.48. The third-order valence-electron chi connectivity index (χ3n) is 2.29. The number of aliphatic hydroxyl groups is 2. The molecule has 2 nitrogen and oxygen atoms in total. The fourth-order valence-electron chi connectivity index (χ4n) is 1.19. The molecule has 1 rings (SSSR count). The molecule has 2 N–H and O–H groups in total. The molecule has 0 radical (unpaired) electrons. The molecule has 1 aromatic rings. The van der Waals surface area contributed by atoms with Crippen molar-refractivity contribution in [3.8, 4) is 0 Å². The molecule has 0 bridgehead atoms. The maximum Gasteiger partial charge on any atom is 0.110 e. The van der Waals surface area contributed by atoms with E-state index in [9.17, 15) is 5.11 Å². The first kappa shape index (κ1) is 10.2. The molecule has 0 aliphatic heterocycles. The first-order valence-corrected chi connectivity index (χ1v) is 4.53. The molecule has 13 heavy (non-hydrogen) atoms. The smallest absolute Gasteiger partial charge is 0.110 e. The van der Waals surface area contributed by atoms with Crippen LogP contribution in [0.1, 0.15) is 25.0 Å². The Morgan fingerprint density at radius 1 is 1.23 bits per heavy atom. The number of benzene rings is 1. The molecule has 0 aliphatic carbocycles. The predicted molar refractivity (Wildman–Crippen MR) is 52.5 cm³/mol. The van der Waals surface area contributed by atoms with Gasteiger partial charge >= 0.3 is 0 Å². The minimum atomic E-state index is -1.12. The van der Waals surface area contributed by atoms with Crippen molar-refractivity contribution < 1.29 is 10.2 Å². The summed E-state index contributed by atoms with van der Waals surface area (Å²) < 4.78 is 0. The summed E-state index contributed by atoms with van der Waals surface area (Å²) >= 11 is 0. The predicted octanol–water partition coefficient (Wildman–Crippen LogP) is 1.45. The van der Waals surface area contributed by atoms with Gasteiger partial charge in [0.2, 0.25) is 0 Å². The number of hydrogen-bond donors (Lipinski definition) is 2. The van der Waals surface area contributed by atoms with E-state index in [1.807, 2.05) is 24.3 Å². The van der Waals surface area contributed by atoms with E-state index in [4.69, 9.17) is 5.11 Å². The monoisotopic (exact) mass is 180 g/mol. The van der Waals surface area contributed by atoms with Crippen LogP contribution in [0.25, 0.3) is 0 Å². The summed E-state index contributed by atoms with van der Waals surface area (Å²) in [5.41, 5.74) is 0.872. The average Bonchev–Trinajstić information content (AvgIpc) is 2.18. The van der Waals surface area contributed by atoms with Crippen LogP contribution in [0.3, 0.4) is 0 Å². The van der Waals surface area contributed by atoms with E-state index in [1.54, 1.807) is 6.92 Å². The lowest BCUT2D eigenvalue weighted by Gasteiger charge is -2.20. The molecule has 0 heterocycles. The number of hydrogen-bond acceptors (Lipinski definition) is 2. The van der Waals surface area contributed by atoms with Crippen LogP contribution in [0.5, 0.6) is 0 Å². The van der Waals surface area contributed by atoms with Crippen LogP contribution in [0, 0.1) is 0 Å². The van der Waals surface area contributed by atoms with Crippen LogP contribution in [0.2, 0.25) is 0 Å². The summed E-state index contributed by atoms with van der Waals surface area (Å²) in [6, 6.07) is 7.66. The summed E-state index contributed by atoms with van der Waals surface area (Å²) in [6.45, 7) is 3.44. The van der Waals surface area contributed by atoms with Crippen molar-refractivity contribution in [1.82, 2.24) is 0 Å². The van der Waals surface area contributed by atoms with Crippen molar-refractivity contribution in [1.29, 1.82) is 0 Å². The van der Waals surface area contributed by atoms with E-state index >= 15 is 0 Å². The van der Waals surface area contributed by atoms with Gasteiger partial charge in [0.05, 0.1) is 6.61 Å². The van der Waals surface area contributed by atoms with Crippen LogP contribution in [0.15, 0.2) is 24.3 Å². The quantitative estimate of drug-likeness (QED) is 0.739. The first-order valence-electron chi connectivity index (χ1n) is 4.53. The van der Waals surface area contributed by atoms with E-state index in [-0.39, 0.29) is 6.61 Å². The third kappa shape index (κ3) is 2.29. The minimum Gasteiger partial charge on any atom is -0.393 e. The van der Waals surface area contributed by atoms with E-state index in [0.29, 0.717) is 0 Å². The van der Waals surface area contributed by atoms with Gasteiger partial charge in [-0.15, -0.1) is 0 Å². The van der Waals surface area contributed by atoms with Crippen molar-refractivity contribution in [3.63, 3.8) is 0 Å². The zero-order valence-electron chi connectivity index (χ0n) is 8.12. The summed E-state index contributed by atoms with van der Waals surface area (Å²) in [5.74, 6) is 0. The molecule has 0 amide bonds. The van der Waals surface area contributed by atoms with E-state index in [2.05, 4.69) is 6.92 Å². The number of rotatable bonds is 3. The van der Waals surface area contributed by atoms with Crippen LogP contribution < -0.4 is 0 Å². The Morgan fingerprint density at radius 2 is 1.77 bits per heavy atom. The van der Waals surface area contributed by atoms with Gasteiger partial charge in [-0.2, -0.15) is 0 Å². The molecular weight excluding hydrogens is 164 g/mol. The summed E-state index contributed by atoms with van der Waals surface area (Å²) in [5, 5.41) is 18.6. The van der Waals surface area contributed by atoms with Gasteiger partial charge in [0.25, 0.3) is 0 Å². The molecule has 0 spiro atoms. The van der Waals surface area contributed by atoms with Crippen molar-refractivity contribution >= 4 is 0 Å². The summed E-state index contributed by atoms with van der Waals surface area (Å²) in [4.78, 5) is 0. The van der Waals surface area contributed by atoms with Crippen molar-refractivity contribution in [2.75, 3.05) is 6.61 Å². The van der Waals surface area contributed by atoms with Gasteiger partial charge in [-0.25, -0.2) is 0 Å². The highest BCUT2D eigenvalue weighted by molar-refractivity contribution is 5.26. The zero-order chi connectivity index (χ0) is 9.90. The fraction of sp³-hybridized carbons (Fsp3) is 0.455. The SMILES string of the molecule is CCc1ccc([C@@](C)(O)CO)cc1. The van der Waals surface area contributed by atoms with Gasteiger partial charge < -0.3 is 10.2 Å². The van der Waals surface area contributed by atoms with Gasteiger partial charge in [0.1, 0.15) is 5.60 Å². The highest BCUT2D eigenvalue weighted by Gasteiger charge is 2.20. The summed E-state index contributed by atoms with van der Waals surface area (Å²) in [7, 11) is 0. The lowest BCUT2D eigenvalue weighted by Crippen LogP contribution is -2.25. The van der Waals surface area contributed by atoms with Gasteiger partial charge in [0.15, 0.2) is 0 Å². The second-order valence-electron chi connectivity index (χ2n) is 3.48. The zero-order valence-corrected chi connectivity index (χ0v) is 8.12. The molecule has 1 atom stereocenters. The standard InChI is InChI=1S/C11H16O2/c1-3-9-4-6-10(7-5-9)11(2,13)8-12/h4-7,12-13H,3,8H2,1-2H3/t11-/m0/s1. The Bertz CT molecular complexity index is 262. The Hall–Kier alpha value is -0.860. The molecule has 1 aromatic carbocycles. The van der Waals surface area contributed by atoms with Gasteiger partial charge in [-0.05, 0) is 24.5 Å². The molecule has 0 aliphatic rings. The van der Waals surface area contributed by atoms with Gasteiger partial charge in [-0.3, -0.25) is 0 Å². The largest absolute Gasteiger partial charge is 0.393 e. The van der Waals surface area contributed by atoms with Gasteiger partial charge in [0, 0.05) is 0 Å². The van der Waals surface area contributed by atoms with Crippen LogP contribution >= 0.6 is 0 Å². The number of aryl methyl sites for hydroxylation is 1. The average molecular weight is 180 g/mol. The maximum absolute atomic E-state index is 9.71. The number of aliphatic hydroxyl groups excluding tert-OH is 1. The van der Waals surface area contributed by atoms with Gasteiger partial charge in [-0.1, -0.05) is 31.2 Å². The maximum atomic E-state index is 9.71. The Kier molecular flexibility index (Phi) is 3.07. The Morgan fingerprint density at radius 3 is 2.15 bits per heavy atom. The Labute approximate surface area is 78.8 Å². The molecule has 0 saturated heterocycles. The van der Waals surface area contributed by atoms with Crippen molar-refractivity contribution in [2.24, 2.45) is 0 Å². The molecule has 72 valence electrons. The third-order valence-corrected chi connectivity index (χ3v) is 2.29. The molecule has 2 heteroatoms. The first-order chi connectivity index (χ1) is 6.10. The van der Waals surface area contributed by atoms with E-state index < -0.39 is 5.60 Å². The highest BCUT2D eigenvalue weighted by Crippen LogP contribution is 2.19. The molecular formula is C11H16O2. The normalized spacial score (nSPS) is 15.4. The fourth-order valence-corrected chi connectivity index (χ4v) is 1.19. The highest BCUT2D eigenvalue weighted by atomic mass is 16.3. The van der Waals surface area contributed by atoms with Crippen LogP contribution in [0.4, 0.5) is 0 Å². The minimum absolute atomic E-state index is 0.252.